The number of alkyl halides is 3. The Hall–Kier alpha value is -4.40. The van der Waals surface area contributed by atoms with Gasteiger partial charge in [0.25, 0.3) is 15.6 Å². The van der Waals surface area contributed by atoms with E-state index in [-0.39, 0.29) is 10.6 Å². The molecular weight excluding hydrogens is 495 g/mol. The smallest absolute Gasteiger partial charge is 0.418 e. The van der Waals surface area contributed by atoms with E-state index >= 15 is 0 Å². The van der Waals surface area contributed by atoms with Crippen LogP contribution in [0.2, 0.25) is 0 Å². The first-order valence-electron chi connectivity index (χ1n) is 9.53. The van der Waals surface area contributed by atoms with Crippen LogP contribution in [0.5, 0.6) is 0 Å². The van der Waals surface area contributed by atoms with Gasteiger partial charge in [-0.05, 0) is 24.3 Å². The lowest BCUT2D eigenvalue weighted by molar-refractivity contribution is -0.137. The Balaban J connectivity index is 1.98. The number of imidazole rings is 1. The molecule has 2 heterocycles. The van der Waals surface area contributed by atoms with E-state index in [1.165, 1.54) is 24.3 Å². The molecule has 0 radical (unpaired) electrons. The molecule has 0 saturated carbocycles. The van der Waals surface area contributed by atoms with Crippen LogP contribution in [0.4, 0.5) is 13.2 Å². The van der Waals surface area contributed by atoms with Crippen LogP contribution in [0.3, 0.4) is 0 Å². The molecule has 35 heavy (non-hydrogen) atoms. The fraction of sp³-hybridized carbons (Fsp3) is 0.100. The molecule has 0 spiro atoms. The van der Waals surface area contributed by atoms with Crippen molar-refractivity contribution >= 4 is 26.9 Å². The maximum atomic E-state index is 14.0. The molecule has 0 bridgehead atoms. The quantitative estimate of drug-likeness (QED) is 0.389. The lowest BCUT2D eigenvalue weighted by Crippen LogP contribution is -2.38. The number of H-pyrrole nitrogens is 1. The van der Waals surface area contributed by atoms with Crippen LogP contribution >= 0.6 is 0 Å². The second kappa shape index (κ2) is 8.43. The zero-order valence-electron chi connectivity index (χ0n) is 17.5. The zero-order valence-corrected chi connectivity index (χ0v) is 18.3. The van der Waals surface area contributed by atoms with Gasteiger partial charge in [0.2, 0.25) is 0 Å². The van der Waals surface area contributed by atoms with Crippen LogP contribution in [-0.2, 0) is 20.9 Å². The number of sulfonamides is 1. The molecule has 4 aromatic rings. The third-order valence-electron chi connectivity index (χ3n) is 4.85. The molecule has 0 fully saturated rings. The van der Waals surface area contributed by atoms with Crippen LogP contribution < -0.4 is 16.1 Å². The standard InChI is InChI=1S/C20H14F3N5O6S/c1-34-18(30)14-9-27(10-24-14)16-7-12-15(8-13(16)20(21,22)23)28(19(31)25-17(12)29)26-35(32,33)11-5-3-2-4-6-11/h2-10,26H,1H3,(H,25,29,31). The van der Waals surface area contributed by atoms with Crippen molar-refractivity contribution in [2.24, 2.45) is 0 Å². The largest absolute Gasteiger partial charge is 0.464 e. The summed E-state index contributed by atoms with van der Waals surface area (Å²) in [5, 5.41) is -0.448. The molecule has 2 aromatic carbocycles. The first kappa shape index (κ1) is 23.7. The Morgan fingerprint density at radius 3 is 2.46 bits per heavy atom. The number of fused-ring (bicyclic) bond motifs is 1. The zero-order chi connectivity index (χ0) is 25.5. The highest BCUT2D eigenvalue weighted by Gasteiger charge is 2.35. The van der Waals surface area contributed by atoms with Gasteiger partial charge in [-0.1, -0.05) is 18.2 Å². The normalized spacial score (nSPS) is 12.0. The summed E-state index contributed by atoms with van der Waals surface area (Å²) in [6.45, 7) is 0. The van der Waals surface area contributed by atoms with E-state index in [2.05, 4.69) is 9.72 Å². The van der Waals surface area contributed by atoms with E-state index in [1.54, 1.807) is 6.07 Å². The van der Waals surface area contributed by atoms with Crippen molar-refractivity contribution in [1.82, 2.24) is 19.2 Å². The SMILES string of the molecule is COC(=O)c1cn(-c2cc3c(=O)[nH]c(=O)n(NS(=O)(=O)c4ccccc4)c3cc2C(F)(F)F)cn1. The third kappa shape index (κ3) is 4.40. The first-order valence-corrected chi connectivity index (χ1v) is 11.0. The van der Waals surface area contributed by atoms with Crippen molar-refractivity contribution in [3.63, 3.8) is 0 Å². The van der Waals surface area contributed by atoms with Crippen molar-refractivity contribution in [3.05, 3.63) is 87.1 Å². The van der Waals surface area contributed by atoms with Crippen LogP contribution in [0.25, 0.3) is 16.6 Å². The van der Waals surface area contributed by atoms with E-state index in [0.717, 1.165) is 30.3 Å². The summed E-state index contributed by atoms with van der Waals surface area (Å²) in [6, 6.07) is 8.02. The summed E-state index contributed by atoms with van der Waals surface area (Å²) >= 11 is 0. The van der Waals surface area contributed by atoms with Crippen LogP contribution in [-0.4, -0.2) is 40.7 Å². The molecular formula is C20H14F3N5O6S. The van der Waals surface area contributed by atoms with E-state index in [0.29, 0.717) is 10.7 Å². The number of methoxy groups -OCH3 is 1. The van der Waals surface area contributed by atoms with E-state index < -0.39 is 55.6 Å². The number of nitrogens with zero attached hydrogens (tertiary/aromatic N) is 3. The predicted octanol–water partition coefficient (Wildman–Crippen LogP) is 1.61. The van der Waals surface area contributed by atoms with Crippen molar-refractivity contribution in [3.8, 4) is 5.69 Å². The Kier molecular flexibility index (Phi) is 5.72. The molecule has 0 amide bonds. The lowest BCUT2D eigenvalue weighted by Gasteiger charge is -2.17. The fourth-order valence-electron chi connectivity index (χ4n) is 3.24. The van der Waals surface area contributed by atoms with Gasteiger partial charge in [-0.2, -0.15) is 26.3 Å². The van der Waals surface area contributed by atoms with Gasteiger partial charge < -0.3 is 9.30 Å². The van der Waals surface area contributed by atoms with Gasteiger partial charge in [0, 0.05) is 6.20 Å². The minimum Gasteiger partial charge on any atom is -0.464 e. The van der Waals surface area contributed by atoms with Crippen molar-refractivity contribution in [1.29, 1.82) is 0 Å². The van der Waals surface area contributed by atoms with Crippen LogP contribution in [0.1, 0.15) is 16.1 Å². The van der Waals surface area contributed by atoms with Gasteiger partial charge in [-0.25, -0.2) is 19.4 Å². The second-order valence-corrected chi connectivity index (χ2v) is 8.71. The highest BCUT2D eigenvalue weighted by molar-refractivity contribution is 7.92. The van der Waals surface area contributed by atoms with Gasteiger partial charge in [-0.3, -0.25) is 9.78 Å². The Labute approximate surface area is 193 Å². The molecule has 0 unspecified atom stereocenters. The molecule has 4 rings (SSSR count). The van der Waals surface area contributed by atoms with E-state index in [1.807, 2.05) is 9.82 Å². The number of ether oxygens (including phenoxy) is 1. The number of aromatic nitrogens is 4. The predicted molar refractivity (Wildman–Crippen MR) is 115 cm³/mol. The topological polar surface area (TPSA) is 145 Å². The Morgan fingerprint density at radius 1 is 1.14 bits per heavy atom. The highest BCUT2D eigenvalue weighted by atomic mass is 32.2. The monoisotopic (exact) mass is 509 g/mol. The minimum absolute atomic E-state index is 0.271. The number of carbonyl (C=O) groups is 1. The lowest BCUT2D eigenvalue weighted by atomic mass is 10.1. The van der Waals surface area contributed by atoms with Crippen LogP contribution in [0, 0.1) is 0 Å². The Morgan fingerprint density at radius 2 is 1.83 bits per heavy atom. The average molecular weight is 509 g/mol. The van der Waals surface area contributed by atoms with Gasteiger partial charge in [0.05, 0.1) is 34.2 Å². The number of aromatic amines is 1. The first-order chi connectivity index (χ1) is 16.4. The number of esters is 1. The number of hydrogen-bond donors (Lipinski definition) is 2. The summed E-state index contributed by atoms with van der Waals surface area (Å²) in [7, 11) is -3.35. The number of benzene rings is 2. The molecule has 2 aromatic heterocycles. The molecule has 182 valence electrons. The van der Waals surface area contributed by atoms with E-state index in [4.69, 9.17) is 0 Å². The van der Waals surface area contributed by atoms with Crippen molar-refractivity contribution < 1.29 is 31.1 Å². The molecule has 0 aliphatic heterocycles. The Bertz CT molecular complexity index is 1670. The summed E-state index contributed by atoms with van der Waals surface area (Å²) in [5.41, 5.74) is -5.26. The molecule has 0 aliphatic rings. The molecule has 2 N–H and O–H groups in total. The van der Waals surface area contributed by atoms with Gasteiger partial charge in [-0.15, -0.1) is 0 Å². The van der Waals surface area contributed by atoms with Gasteiger partial charge in [0.1, 0.15) is 6.33 Å². The molecule has 0 aliphatic carbocycles. The van der Waals surface area contributed by atoms with Gasteiger partial charge in [0.15, 0.2) is 5.69 Å². The summed E-state index contributed by atoms with van der Waals surface area (Å²) in [4.78, 5) is 43.7. The number of hydrogen-bond acceptors (Lipinski definition) is 7. The summed E-state index contributed by atoms with van der Waals surface area (Å²) in [5.74, 6) is -0.903. The number of carbonyl (C=O) groups excluding carboxylic acids is 1. The molecule has 0 saturated heterocycles. The maximum absolute atomic E-state index is 14.0. The van der Waals surface area contributed by atoms with Gasteiger partial charge >= 0.3 is 17.8 Å². The maximum Gasteiger partial charge on any atom is 0.418 e. The van der Waals surface area contributed by atoms with Crippen molar-refractivity contribution in [2.75, 3.05) is 11.9 Å². The number of halogens is 3. The molecule has 11 nitrogen and oxygen atoms in total. The van der Waals surface area contributed by atoms with Crippen molar-refractivity contribution in [2.45, 2.75) is 11.1 Å². The molecule has 15 heteroatoms. The molecule has 0 atom stereocenters. The summed E-state index contributed by atoms with van der Waals surface area (Å²) < 4.78 is 73.0. The van der Waals surface area contributed by atoms with E-state index in [9.17, 15) is 36.0 Å². The summed E-state index contributed by atoms with van der Waals surface area (Å²) in [6.07, 6.45) is -3.14. The van der Waals surface area contributed by atoms with Crippen LogP contribution in [0.15, 0.2) is 69.5 Å². The average Bonchev–Trinajstić information content (AvgIpc) is 3.31. The second-order valence-electron chi connectivity index (χ2n) is 7.04. The fourth-order valence-corrected chi connectivity index (χ4v) is 4.28. The highest BCUT2D eigenvalue weighted by Crippen LogP contribution is 2.36. The number of rotatable bonds is 5. The minimum atomic E-state index is -5.01. The number of nitrogens with one attached hydrogen (secondary N) is 2. The third-order valence-corrected chi connectivity index (χ3v) is 6.16.